The average molecular weight is 431 g/mol. The van der Waals surface area contributed by atoms with E-state index in [1.165, 1.54) is 16.7 Å². The van der Waals surface area contributed by atoms with Crippen LogP contribution in [0.25, 0.3) is 0 Å². The van der Waals surface area contributed by atoms with E-state index in [1.807, 2.05) is 6.07 Å². The number of carbonyl (C=O) groups is 2. The predicted octanol–water partition coefficient (Wildman–Crippen LogP) is 2.49. The molecule has 0 bridgehead atoms. The van der Waals surface area contributed by atoms with E-state index in [2.05, 4.69) is 53.1 Å². The van der Waals surface area contributed by atoms with Crippen molar-refractivity contribution in [1.29, 1.82) is 0 Å². The molecule has 2 aromatic rings. The van der Waals surface area contributed by atoms with E-state index in [1.54, 1.807) is 14.2 Å². The highest BCUT2D eigenvalue weighted by Crippen LogP contribution is 2.24. The Balaban J connectivity index is 0.000000501. The van der Waals surface area contributed by atoms with E-state index in [-0.39, 0.29) is 0 Å². The molecule has 1 aliphatic rings. The number of hydrogen-bond donors (Lipinski definition) is 2. The summed E-state index contributed by atoms with van der Waals surface area (Å²) in [4.78, 5) is 23.2. The molecular formula is C23H30N2O6. The van der Waals surface area contributed by atoms with Gasteiger partial charge in [0.15, 0.2) is 0 Å². The largest absolute Gasteiger partial charge is 0.497 e. The Bertz CT molecular complexity index is 844. The third-order valence-corrected chi connectivity index (χ3v) is 4.95. The van der Waals surface area contributed by atoms with Crippen molar-refractivity contribution in [2.75, 3.05) is 40.4 Å². The molecule has 1 saturated heterocycles. The molecule has 3 rings (SSSR count). The minimum Gasteiger partial charge on any atom is -0.497 e. The molecule has 0 atom stereocenters. The highest BCUT2D eigenvalue weighted by molar-refractivity contribution is 6.27. The van der Waals surface area contributed by atoms with Gasteiger partial charge >= 0.3 is 11.9 Å². The van der Waals surface area contributed by atoms with Gasteiger partial charge in [0.2, 0.25) is 0 Å². The first-order valence-corrected chi connectivity index (χ1v) is 9.99. The van der Waals surface area contributed by atoms with Crippen LogP contribution in [0, 0.1) is 6.92 Å². The number of nitrogens with zero attached hydrogens (tertiary/aromatic N) is 2. The standard InChI is InChI=1S/C21H28N2O2.C2H2O4/c1-17-5-4-6-18(11-17)15-22-7-9-23(10-8-22)16-19-12-20(24-2)14-21(13-19)25-3;3-1(4)2(5)6/h4-6,11-14H,7-10,15-16H2,1-3H3;(H,3,4)(H,5,6). The van der Waals surface area contributed by atoms with Crippen LogP contribution in [0.5, 0.6) is 11.5 Å². The summed E-state index contributed by atoms with van der Waals surface area (Å²) in [5, 5.41) is 14.8. The molecule has 0 unspecified atom stereocenters. The molecule has 0 aliphatic carbocycles. The maximum atomic E-state index is 9.10. The number of hydrogen-bond acceptors (Lipinski definition) is 6. The second-order valence-electron chi connectivity index (χ2n) is 7.37. The van der Waals surface area contributed by atoms with Gasteiger partial charge in [-0.2, -0.15) is 0 Å². The van der Waals surface area contributed by atoms with E-state index in [9.17, 15) is 0 Å². The summed E-state index contributed by atoms with van der Waals surface area (Å²) >= 11 is 0. The Labute approximate surface area is 182 Å². The topological polar surface area (TPSA) is 99.5 Å². The highest BCUT2D eigenvalue weighted by Gasteiger charge is 2.17. The zero-order valence-electron chi connectivity index (χ0n) is 18.2. The molecule has 8 nitrogen and oxygen atoms in total. The minimum atomic E-state index is -1.82. The van der Waals surface area contributed by atoms with Gasteiger partial charge in [-0.05, 0) is 30.2 Å². The van der Waals surface area contributed by atoms with E-state index in [4.69, 9.17) is 29.3 Å². The number of carboxylic acid groups (broad SMARTS) is 2. The number of rotatable bonds is 6. The normalized spacial score (nSPS) is 14.3. The molecule has 0 spiro atoms. The lowest BCUT2D eigenvalue weighted by molar-refractivity contribution is -0.159. The maximum absolute atomic E-state index is 9.10. The average Bonchev–Trinajstić information content (AvgIpc) is 2.75. The summed E-state index contributed by atoms with van der Waals surface area (Å²) in [6.07, 6.45) is 0. The van der Waals surface area contributed by atoms with Crippen LogP contribution < -0.4 is 9.47 Å². The molecule has 168 valence electrons. The molecule has 0 saturated carbocycles. The van der Waals surface area contributed by atoms with Gasteiger partial charge in [0.25, 0.3) is 0 Å². The number of benzene rings is 2. The van der Waals surface area contributed by atoms with Crippen LogP contribution in [-0.4, -0.2) is 72.4 Å². The summed E-state index contributed by atoms with van der Waals surface area (Å²) in [6, 6.07) is 14.9. The lowest BCUT2D eigenvalue weighted by Gasteiger charge is -2.34. The monoisotopic (exact) mass is 430 g/mol. The van der Waals surface area contributed by atoms with Crippen molar-refractivity contribution in [2.24, 2.45) is 0 Å². The van der Waals surface area contributed by atoms with Crippen molar-refractivity contribution in [3.05, 3.63) is 59.2 Å². The van der Waals surface area contributed by atoms with Crippen LogP contribution in [0.4, 0.5) is 0 Å². The third-order valence-electron chi connectivity index (χ3n) is 4.95. The molecule has 0 aromatic heterocycles. The number of piperazine rings is 1. The molecule has 1 aliphatic heterocycles. The summed E-state index contributed by atoms with van der Waals surface area (Å²) in [5.41, 5.74) is 3.98. The Kier molecular flexibility index (Phi) is 9.30. The van der Waals surface area contributed by atoms with Crippen LogP contribution >= 0.6 is 0 Å². The van der Waals surface area contributed by atoms with Crippen LogP contribution in [0.1, 0.15) is 16.7 Å². The van der Waals surface area contributed by atoms with E-state index in [0.29, 0.717) is 0 Å². The SMILES string of the molecule is COc1cc(CN2CCN(Cc3cccc(C)c3)CC2)cc(OC)c1.O=C(O)C(=O)O. The summed E-state index contributed by atoms with van der Waals surface area (Å²) in [7, 11) is 3.39. The summed E-state index contributed by atoms with van der Waals surface area (Å²) < 4.78 is 10.7. The van der Waals surface area contributed by atoms with Crippen molar-refractivity contribution >= 4 is 11.9 Å². The first-order valence-electron chi connectivity index (χ1n) is 9.99. The van der Waals surface area contributed by atoms with Gasteiger partial charge < -0.3 is 19.7 Å². The Hall–Kier alpha value is -3.10. The fourth-order valence-electron chi connectivity index (χ4n) is 3.39. The van der Waals surface area contributed by atoms with Crippen molar-refractivity contribution in [1.82, 2.24) is 9.80 Å². The summed E-state index contributed by atoms with van der Waals surface area (Å²) in [5.74, 6) is -1.94. The smallest absolute Gasteiger partial charge is 0.414 e. The molecule has 1 heterocycles. The van der Waals surface area contributed by atoms with Gasteiger partial charge in [-0.25, -0.2) is 9.59 Å². The quantitative estimate of drug-likeness (QED) is 0.675. The van der Waals surface area contributed by atoms with E-state index < -0.39 is 11.9 Å². The molecule has 2 aromatic carbocycles. The van der Waals surface area contributed by atoms with Crippen molar-refractivity contribution < 1.29 is 29.3 Å². The Morgan fingerprint density at radius 2 is 1.29 bits per heavy atom. The van der Waals surface area contributed by atoms with Gasteiger partial charge in [-0.1, -0.05) is 29.8 Å². The Morgan fingerprint density at radius 1 is 0.806 bits per heavy atom. The first-order chi connectivity index (χ1) is 14.8. The predicted molar refractivity (Wildman–Crippen MR) is 117 cm³/mol. The third kappa shape index (κ3) is 8.27. The molecular weight excluding hydrogens is 400 g/mol. The van der Waals surface area contributed by atoms with Crippen LogP contribution in [-0.2, 0) is 22.7 Å². The number of methoxy groups -OCH3 is 2. The van der Waals surface area contributed by atoms with Crippen molar-refractivity contribution in [2.45, 2.75) is 20.0 Å². The Morgan fingerprint density at radius 3 is 1.71 bits per heavy atom. The summed E-state index contributed by atoms with van der Waals surface area (Å²) in [6.45, 7) is 8.53. The van der Waals surface area contributed by atoms with Gasteiger partial charge in [0.1, 0.15) is 11.5 Å². The van der Waals surface area contributed by atoms with Crippen LogP contribution in [0.2, 0.25) is 0 Å². The van der Waals surface area contributed by atoms with Crippen LogP contribution in [0.3, 0.4) is 0 Å². The first kappa shape index (κ1) is 24.2. The maximum Gasteiger partial charge on any atom is 0.414 e. The van der Waals surface area contributed by atoms with Gasteiger partial charge in [0.05, 0.1) is 14.2 Å². The number of aryl methyl sites for hydroxylation is 1. The second-order valence-corrected chi connectivity index (χ2v) is 7.37. The molecule has 0 amide bonds. The molecule has 0 radical (unpaired) electrons. The number of carboxylic acids is 2. The van der Waals surface area contributed by atoms with E-state index in [0.717, 1.165) is 50.8 Å². The minimum absolute atomic E-state index is 0.854. The fourth-order valence-corrected chi connectivity index (χ4v) is 3.39. The lowest BCUT2D eigenvalue weighted by atomic mass is 10.1. The zero-order valence-corrected chi connectivity index (χ0v) is 18.2. The molecule has 1 fully saturated rings. The highest BCUT2D eigenvalue weighted by atomic mass is 16.5. The van der Waals surface area contributed by atoms with Crippen molar-refractivity contribution in [3.63, 3.8) is 0 Å². The van der Waals surface area contributed by atoms with Crippen molar-refractivity contribution in [3.8, 4) is 11.5 Å². The fraction of sp³-hybridized carbons (Fsp3) is 0.391. The molecule has 2 N–H and O–H groups in total. The number of aliphatic carboxylic acids is 2. The number of ether oxygens (including phenoxy) is 2. The second kappa shape index (κ2) is 11.9. The molecule has 31 heavy (non-hydrogen) atoms. The van der Waals surface area contributed by atoms with E-state index >= 15 is 0 Å². The van der Waals surface area contributed by atoms with Gasteiger partial charge in [-0.15, -0.1) is 0 Å². The lowest BCUT2D eigenvalue weighted by Crippen LogP contribution is -2.45. The van der Waals surface area contributed by atoms with Gasteiger partial charge in [-0.3, -0.25) is 9.80 Å². The van der Waals surface area contributed by atoms with Crippen LogP contribution in [0.15, 0.2) is 42.5 Å². The zero-order chi connectivity index (χ0) is 22.8. The molecule has 8 heteroatoms. The van der Waals surface area contributed by atoms with Gasteiger partial charge in [0, 0.05) is 45.3 Å².